The fourth-order valence-electron chi connectivity index (χ4n) is 3.93. The van der Waals surface area contributed by atoms with E-state index in [0.29, 0.717) is 26.3 Å². The molecule has 3 aromatic heterocycles. The molecule has 0 aromatic carbocycles. The zero-order valence-corrected chi connectivity index (χ0v) is 16.6. The summed E-state index contributed by atoms with van der Waals surface area (Å²) < 4.78 is 12.3. The minimum atomic E-state index is -0.242. The minimum absolute atomic E-state index is 0.0884. The summed E-state index contributed by atoms with van der Waals surface area (Å²) in [6, 6.07) is 4.18. The lowest BCUT2D eigenvalue weighted by molar-refractivity contribution is -0.104. The van der Waals surface area contributed by atoms with Gasteiger partial charge < -0.3 is 24.3 Å². The molecule has 2 aliphatic heterocycles. The number of aryl methyl sites for hydroxylation is 2. The van der Waals surface area contributed by atoms with Crippen LogP contribution >= 0.6 is 0 Å². The van der Waals surface area contributed by atoms with E-state index in [-0.39, 0.29) is 12.2 Å². The molecule has 29 heavy (non-hydrogen) atoms. The van der Waals surface area contributed by atoms with Gasteiger partial charge in [0.25, 0.3) is 0 Å². The van der Waals surface area contributed by atoms with Crippen molar-refractivity contribution < 1.29 is 14.3 Å². The molecule has 0 saturated carbocycles. The lowest BCUT2D eigenvalue weighted by Gasteiger charge is -2.37. The fraction of sp³-hybridized carbons (Fsp3) is 0.450. The molecule has 1 N–H and O–H groups in total. The van der Waals surface area contributed by atoms with Crippen LogP contribution in [0.3, 0.4) is 0 Å². The second kappa shape index (κ2) is 7.07. The smallest absolute Gasteiger partial charge is 0.410 e. The first-order chi connectivity index (χ1) is 14.1. The normalized spacial score (nSPS) is 17.6. The minimum Gasteiger partial charge on any atom is -0.441 e. The van der Waals surface area contributed by atoms with Gasteiger partial charge in [-0.3, -0.25) is 4.68 Å². The number of anilines is 1. The number of aromatic amines is 1. The number of hydrogen-bond donors (Lipinski definition) is 1. The number of rotatable bonds is 3. The highest BCUT2D eigenvalue weighted by molar-refractivity contribution is 5.94. The SMILES string of the molecule is Cc1nn(C)cc1-c1cc2c(N3CCN(C(=O)OC4COC4)CC3)ccnc2[nH]1. The van der Waals surface area contributed by atoms with Crippen LogP contribution in [0.2, 0.25) is 0 Å². The van der Waals surface area contributed by atoms with Crippen molar-refractivity contribution >= 4 is 22.8 Å². The van der Waals surface area contributed by atoms with Crippen molar-refractivity contribution in [3.8, 4) is 11.3 Å². The maximum Gasteiger partial charge on any atom is 0.410 e. The van der Waals surface area contributed by atoms with Gasteiger partial charge in [0.1, 0.15) is 5.65 Å². The summed E-state index contributed by atoms with van der Waals surface area (Å²) in [5.74, 6) is 0. The number of piperazine rings is 1. The third-order valence-electron chi connectivity index (χ3n) is 5.57. The number of ether oxygens (including phenoxy) is 2. The van der Waals surface area contributed by atoms with Crippen LogP contribution in [-0.4, -0.2) is 76.2 Å². The van der Waals surface area contributed by atoms with Gasteiger partial charge in [0.2, 0.25) is 0 Å². The average Bonchev–Trinajstić information content (AvgIpc) is 3.26. The summed E-state index contributed by atoms with van der Waals surface area (Å²) in [4.78, 5) is 24.3. The van der Waals surface area contributed by atoms with E-state index >= 15 is 0 Å². The van der Waals surface area contributed by atoms with Gasteiger partial charge in [0, 0.05) is 62.3 Å². The lowest BCUT2D eigenvalue weighted by atomic mass is 10.1. The molecule has 0 unspecified atom stereocenters. The number of carbonyl (C=O) groups excluding carboxylic acids is 1. The van der Waals surface area contributed by atoms with Gasteiger partial charge in [-0.1, -0.05) is 0 Å². The monoisotopic (exact) mass is 396 g/mol. The summed E-state index contributed by atoms with van der Waals surface area (Å²) in [5.41, 5.74) is 5.04. The largest absolute Gasteiger partial charge is 0.441 e. The summed E-state index contributed by atoms with van der Waals surface area (Å²) >= 11 is 0. The molecule has 2 saturated heterocycles. The van der Waals surface area contributed by atoms with Crippen molar-refractivity contribution in [2.24, 2.45) is 7.05 Å². The van der Waals surface area contributed by atoms with Gasteiger partial charge in [-0.05, 0) is 19.1 Å². The predicted octanol–water partition coefficient (Wildman–Crippen LogP) is 1.93. The Labute approximate surface area is 168 Å². The van der Waals surface area contributed by atoms with Gasteiger partial charge in [0.15, 0.2) is 6.10 Å². The van der Waals surface area contributed by atoms with Crippen LogP contribution in [0.5, 0.6) is 0 Å². The number of nitrogens with one attached hydrogen (secondary N) is 1. The molecule has 2 aliphatic rings. The topological polar surface area (TPSA) is 88.5 Å². The Morgan fingerprint density at radius 3 is 2.72 bits per heavy atom. The third-order valence-corrected chi connectivity index (χ3v) is 5.57. The Kier molecular flexibility index (Phi) is 4.39. The first kappa shape index (κ1) is 18.0. The number of hydrogen-bond acceptors (Lipinski definition) is 6. The van der Waals surface area contributed by atoms with E-state index in [4.69, 9.17) is 9.47 Å². The molecule has 5 heterocycles. The zero-order valence-electron chi connectivity index (χ0n) is 16.6. The summed E-state index contributed by atoms with van der Waals surface area (Å²) in [7, 11) is 1.92. The van der Waals surface area contributed by atoms with Crippen LogP contribution in [0.25, 0.3) is 22.3 Å². The van der Waals surface area contributed by atoms with E-state index in [2.05, 4.69) is 26.0 Å². The first-order valence-electron chi connectivity index (χ1n) is 9.85. The van der Waals surface area contributed by atoms with Gasteiger partial charge in [0.05, 0.1) is 24.6 Å². The molecule has 2 fully saturated rings. The second-order valence-electron chi connectivity index (χ2n) is 7.59. The molecule has 0 bridgehead atoms. The van der Waals surface area contributed by atoms with Gasteiger partial charge in [-0.15, -0.1) is 0 Å². The van der Waals surface area contributed by atoms with Crippen molar-refractivity contribution in [3.05, 3.63) is 30.2 Å². The van der Waals surface area contributed by atoms with Crippen LogP contribution in [0, 0.1) is 6.92 Å². The van der Waals surface area contributed by atoms with Crippen molar-refractivity contribution in [2.75, 3.05) is 44.3 Å². The van der Waals surface area contributed by atoms with Crippen LogP contribution in [0.1, 0.15) is 5.69 Å². The van der Waals surface area contributed by atoms with E-state index in [1.807, 2.05) is 37.1 Å². The van der Waals surface area contributed by atoms with E-state index in [1.54, 1.807) is 4.90 Å². The molecule has 3 aromatic rings. The van der Waals surface area contributed by atoms with Gasteiger partial charge in [-0.25, -0.2) is 9.78 Å². The molecule has 0 atom stereocenters. The van der Waals surface area contributed by atoms with E-state index in [0.717, 1.165) is 46.8 Å². The highest BCUT2D eigenvalue weighted by Crippen LogP contribution is 2.31. The third kappa shape index (κ3) is 3.31. The van der Waals surface area contributed by atoms with Crippen LogP contribution < -0.4 is 4.90 Å². The lowest BCUT2D eigenvalue weighted by Crippen LogP contribution is -2.51. The van der Waals surface area contributed by atoms with E-state index in [1.165, 1.54) is 0 Å². The molecule has 0 radical (unpaired) electrons. The molecule has 152 valence electrons. The Morgan fingerprint density at radius 2 is 2.07 bits per heavy atom. The van der Waals surface area contributed by atoms with Crippen LogP contribution in [-0.2, 0) is 16.5 Å². The summed E-state index contributed by atoms with van der Waals surface area (Å²) in [5, 5.41) is 5.51. The Balaban J connectivity index is 1.34. The average molecular weight is 396 g/mol. The molecule has 0 spiro atoms. The van der Waals surface area contributed by atoms with Crippen molar-refractivity contribution in [2.45, 2.75) is 13.0 Å². The summed E-state index contributed by atoms with van der Waals surface area (Å²) in [6.45, 7) is 5.79. The van der Waals surface area contributed by atoms with Gasteiger partial charge >= 0.3 is 6.09 Å². The quantitative estimate of drug-likeness (QED) is 0.728. The number of fused-ring (bicyclic) bond motifs is 1. The van der Waals surface area contributed by atoms with Crippen molar-refractivity contribution in [3.63, 3.8) is 0 Å². The number of aromatic nitrogens is 4. The van der Waals surface area contributed by atoms with Gasteiger partial charge in [-0.2, -0.15) is 5.10 Å². The molecule has 0 aliphatic carbocycles. The molecule has 9 nitrogen and oxygen atoms in total. The molecular formula is C20H24N6O3. The number of pyridine rings is 1. The number of nitrogens with zero attached hydrogens (tertiary/aromatic N) is 5. The maximum absolute atomic E-state index is 12.3. The standard InChI is InChI=1S/C20H24N6O3/c1-13-16(10-24(2)23-13)17-9-15-18(3-4-21-19(15)22-17)25-5-7-26(8-6-25)20(27)29-14-11-28-12-14/h3-4,9-10,14H,5-8,11-12H2,1-2H3,(H,21,22). The highest BCUT2D eigenvalue weighted by atomic mass is 16.6. The first-order valence-corrected chi connectivity index (χ1v) is 9.85. The highest BCUT2D eigenvalue weighted by Gasteiger charge is 2.28. The number of H-pyrrole nitrogens is 1. The Hall–Kier alpha value is -3.07. The Morgan fingerprint density at radius 1 is 1.28 bits per heavy atom. The van der Waals surface area contributed by atoms with E-state index in [9.17, 15) is 4.79 Å². The molecule has 1 amide bonds. The number of carbonyl (C=O) groups is 1. The van der Waals surface area contributed by atoms with Crippen molar-refractivity contribution in [1.82, 2.24) is 24.6 Å². The fourth-order valence-corrected chi connectivity index (χ4v) is 3.93. The zero-order chi connectivity index (χ0) is 20.0. The second-order valence-corrected chi connectivity index (χ2v) is 7.59. The van der Waals surface area contributed by atoms with Crippen LogP contribution in [0.15, 0.2) is 24.5 Å². The maximum atomic E-state index is 12.3. The molecule has 5 rings (SSSR count). The van der Waals surface area contributed by atoms with Crippen LogP contribution in [0.4, 0.5) is 10.5 Å². The molecule has 9 heteroatoms. The predicted molar refractivity (Wildman–Crippen MR) is 108 cm³/mol. The van der Waals surface area contributed by atoms with E-state index < -0.39 is 0 Å². The molecular weight excluding hydrogens is 372 g/mol. The summed E-state index contributed by atoms with van der Waals surface area (Å²) in [6.07, 6.45) is 3.51. The van der Waals surface area contributed by atoms with Crippen molar-refractivity contribution in [1.29, 1.82) is 0 Å². The number of amides is 1. The Bertz CT molecular complexity index is 1050.